The second-order valence-electron chi connectivity index (χ2n) is 8.42. The fraction of sp³-hybridized carbons (Fsp3) is 0.545. The molecule has 8 heteroatoms. The minimum Gasteiger partial charge on any atom is -0.342 e. The first-order valence-corrected chi connectivity index (χ1v) is 12.6. The van der Waals surface area contributed by atoms with Gasteiger partial charge in [0.25, 0.3) is 0 Å². The summed E-state index contributed by atoms with van der Waals surface area (Å²) in [6.45, 7) is 1.25. The van der Waals surface area contributed by atoms with E-state index in [0.717, 1.165) is 50.6 Å². The maximum Gasteiger partial charge on any atom is 0.225 e. The molecule has 1 unspecified atom stereocenters. The van der Waals surface area contributed by atoms with Gasteiger partial charge in [0.2, 0.25) is 5.91 Å². The second-order valence-corrected chi connectivity index (χ2v) is 10.4. The lowest BCUT2D eigenvalue weighted by molar-refractivity contribution is -0.137. The Morgan fingerprint density at radius 1 is 1.10 bits per heavy atom. The Kier molecular flexibility index (Phi) is 6.13. The number of aromatic nitrogens is 3. The summed E-state index contributed by atoms with van der Waals surface area (Å²) in [5.74, 6) is 0.681. The normalized spacial score (nSPS) is 20.8. The molecular formula is C22H28N4O3S. The van der Waals surface area contributed by atoms with Crippen molar-refractivity contribution in [2.75, 3.05) is 19.3 Å². The van der Waals surface area contributed by atoms with Gasteiger partial charge in [-0.3, -0.25) is 9.78 Å². The fourth-order valence-corrected chi connectivity index (χ4v) is 5.44. The highest BCUT2D eigenvalue weighted by atomic mass is 32.2. The number of carbonyl (C=O) groups is 1. The number of amides is 1. The van der Waals surface area contributed by atoms with Crippen molar-refractivity contribution >= 4 is 15.7 Å². The Balaban J connectivity index is 1.64. The lowest BCUT2D eigenvalue weighted by Gasteiger charge is -2.36. The van der Waals surface area contributed by atoms with Gasteiger partial charge < -0.3 is 4.90 Å². The van der Waals surface area contributed by atoms with E-state index in [0.29, 0.717) is 18.1 Å². The van der Waals surface area contributed by atoms with E-state index in [9.17, 15) is 13.2 Å². The number of hydrogen-bond acceptors (Lipinski definition) is 6. The minimum atomic E-state index is -3.48. The zero-order chi connectivity index (χ0) is 21.1. The van der Waals surface area contributed by atoms with Crippen LogP contribution in [0.3, 0.4) is 0 Å². The molecule has 0 spiro atoms. The van der Waals surface area contributed by atoms with E-state index in [4.69, 9.17) is 0 Å². The van der Waals surface area contributed by atoms with Gasteiger partial charge in [-0.05, 0) is 37.8 Å². The molecule has 2 aromatic rings. The molecule has 1 amide bonds. The van der Waals surface area contributed by atoms with Gasteiger partial charge in [-0.15, -0.1) is 0 Å². The Hall–Kier alpha value is -2.35. The standard InChI is InChI=1S/C22H28N4O3S/c1-30(28,29)19-14-24-21(17-9-5-11-23-13-17)25-20(19)18-10-6-12-26(15-18)22(27)16-7-3-2-4-8-16/h5,9,11,13-14,16,18H,2-4,6-8,10,12,15H2,1H3. The van der Waals surface area contributed by atoms with E-state index in [-0.39, 0.29) is 22.6 Å². The highest BCUT2D eigenvalue weighted by molar-refractivity contribution is 7.90. The van der Waals surface area contributed by atoms with Crippen LogP contribution in [0.5, 0.6) is 0 Å². The Bertz CT molecular complexity index is 1000. The van der Waals surface area contributed by atoms with Crippen molar-refractivity contribution in [2.24, 2.45) is 5.92 Å². The zero-order valence-corrected chi connectivity index (χ0v) is 18.1. The maximum absolute atomic E-state index is 13.1. The van der Waals surface area contributed by atoms with Crippen LogP contribution in [-0.4, -0.2) is 53.5 Å². The summed E-state index contributed by atoms with van der Waals surface area (Å²) >= 11 is 0. The van der Waals surface area contributed by atoms with Gasteiger partial charge in [-0.2, -0.15) is 0 Å². The molecule has 30 heavy (non-hydrogen) atoms. The van der Waals surface area contributed by atoms with Crippen LogP contribution in [-0.2, 0) is 14.6 Å². The lowest BCUT2D eigenvalue weighted by Crippen LogP contribution is -2.43. The molecular weight excluding hydrogens is 400 g/mol. The number of pyridine rings is 1. The van der Waals surface area contributed by atoms with E-state index < -0.39 is 9.84 Å². The third-order valence-corrected chi connectivity index (χ3v) is 7.29. The molecule has 160 valence electrons. The molecule has 2 fully saturated rings. The van der Waals surface area contributed by atoms with E-state index in [1.807, 2.05) is 11.0 Å². The van der Waals surface area contributed by atoms with E-state index in [2.05, 4.69) is 15.0 Å². The summed E-state index contributed by atoms with van der Waals surface area (Å²) in [5, 5.41) is 0. The third kappa shape index (κ3) is 4.53. The molecule has 0 bridgehead atoms. The molecule has 0 aromatic carbocycles. The maximum atomic E-state index is 13.1. The van der Waals surface area contributed by atoms with Crippen LogP contribution in [0, 0.1) is 5.92 Å². The summed E-state index contributed by atoms with van der Waals surface area (Å²) in [5.41, 5.74) is 1.26. The summed E-state index contributed by atoms with van der Waals surface area (Å²) in [7, 11) is -3.48. The fourth-order valence-electron chi connectivity index (χ4n) is 4.60. The average Bonchev–Trinajstić information content (AvgIpc) is 2.79. The SMILES string of the molecule is CS(=O)(=O)c1cnc(-c2cccnc2)nc1C1CCCN(C(=O)C2CCCCC2)C1. The van der Waals surface area contributed by atoms with Crippen molar-refractivity contribution in [3.05, 3.63) is 36.4 Å². The number of likely N-dealkylation sites (tertiary alicyclic amines) is 1. The average molecular weight is 429 g/mol. The molecule has 1 aliphatic heterocycles. The van der Waals surface area contributed by atoms with Crippen LogP contribution in [0.1, 0.15) is 56.6 Å². The van der Waals surface area contributed by atoms with E-state index in [1.54, 1.807) is 18.5 Å². The monoisotopic (exact) mass is 428 g/mol. The highest BCUT2D eigenvalue weighted by Crippen LogP contribution is 2.33. The Morgan fingerprint density at radius 2 is 1.90 bits per heavy atom. The molecule has 0 radical (unpaired) electrons. The van der Waals surface area contributed by atoms with Crippen LogP contribution in [0.4, 0.5) is 0 Å². The molecule has 4 rings (SSSR count). The molecule has 0 N–H and O–H groups in total. The zero-order valence-electron chi connectivity index (χ0n) is 17.3. The second kappa shape index (κ2) is 8.79. The van der Waals surface area contributed by atoms with Gasteiger partial charge in [0, 0.05) is 55.3 Å². The number of sulfone groups is 1. The first kappa shape index (κ1) is 20.9. The number of carbonyl (C=O) groups excluding carboxylic acids is 1. The molecule has 3 heterocycles. The minimum absolute atomic E-state index is 0.114. The molecule has 1 atom stereocenters. The molecule has 1 saturated carbocycles. The largest absolute Gasteiger partial charge is 0.342 e. The predicted molar refractivity (Wildman–Crippen MR) is 114 cm³/mol. The Labute approximate surface area is 177 Å². The van der Waals surface area contributed by atoms with Crippen LogP contribution in [0.25, 0.3) is 11.4 Å². The highest BCUT2D eigenvalue weighted by Gasteiger charge is 2.33. The van der Waals surface area contributed by atoms with Crippen LogP contribution in [0.2, 0.25) is 0 Å². The number of rotatable bonds is 4. The first-order chi connectivity index (χ1) is 14.4. The molecule has 1 aliphatic carbocycles. The predicted octanol–water partition coefficient (Wildman–Crippen LogP) is 3.23. The Morgan fingerprint density at radius 3 is 2.60 bits per heavy atom. The summed E-state index contributed by atoms with van der Waals surface area (Å²) < 4.78 is 24.9. The van der Waals surface area contributed by atoms with E-state index >= 15 is 0 Å². The van der Waals surface area contributed by atoms with Gasteiger partial charge in [0.1, 0.15) is 4.90 Å². The van der Waals surface area contributed by atoms with Crippen LogP contribution >= 0.6 is 0 Å². The summed E-state index contributed by atoms with van der Waals surface area (Å²) in [6.07, 6.45) is 13.0. The molecule has 1 saturated heterocycles. The van der Waals surface area contributed by atoms with Gasteiger partial charge in [0.15, 0.2) is 15.7 Å². The van der Waals surface area contributed by atoms with E-state index in [1.165, 1.54) is 18.9 Å². The summed E-state index contributed by atoms with van der Waals surface area (Å²) in [6, 6.07) is 3.65. The smallest absolute Gasteiger partial charge is 0.225 e. The van der Waals surface area contributed by atoms with Crippen molar-refractivity contribution in [3.63, 3.8) is 0 Å². The third-order valence-electron chi connectivity index (χ3n) is 6.18. The van der Waals surface area contributed by atoms with Gasteiger partial charge >= 0.3 is 0 Å². The quantitative estimate of drug-likeness (QED) is 0.742. The first-order valence-electron chi connectivity index (χ1n) is 10.7. The van der Waals surface area contributed by atoms with Crippen molar-refractivity contribution in [1.29, 1.82) is 0 Å². The lowest BCUT2D eigenvalue weighted by atomic mass is 9.86. The van der Waals surface area contributed by atoms with Crippen molar-refractivity contribution in [3.8, 4) is 11.4 Å². The topological polar surface area (TPSA) is 93.1 Å². The molecule has 7 nitrogen and oxygen atoms in total. The number of piperidine rings is 1. The van der Waals surface area contributed by atoms with Crippen LogP contribution in [0.15, 0.2) is 35.6 Å². The molecule has 2 aromatic heterocycles. The van der Waals surface area contributed by atoms with Crippen LogP contribution < -0.4 is 0 Å². The summed E-state index contributed by atoms with van der Waals surface area (Å²) in [4.78, 5) is 28.2. The van der Waals surface area contributed by atoms with Crippen molar-refractivity contribution in [2.45, 2.75) is 55.8 Å². The van der Waals surface area contributed by atoms with Crippen molar-refractivity contribution < 1.29 is 13.2 Å². The van der Waals surface area contributed by atoms with Gasteiger partial charge in [0.05, 0.1) is 5.69 Å². The molecule has 2 aliphatic rings. The van der Waals surface area contributed by atoms with Crippen molar-refractivity contribution in [1.82, 2.24) is 19.9 Å². The number of nitrogens with zero attached hydrogens (tertiary/aromatic N) is 4. The van der Waals surface area contributed by atoms with Gasteiger partial charge in [-0.25, -0.2) is 18.4 Å². The van der Waals surface area contributed by atoms with Gasteiger partial charge in [-0.1, -0.05) is 19.3 Å². The number of hydrogen-bond donors (Lipinski definition) is 0.